The molecule has 1 nitrogen and oxygen atoms in total. The van der Waals surface area contributed by atoms with Gasteiger partial charge in [-0.1, -0.05) is 31.1 Å². The van der Waals surface area contributed by atoms with Gasteiger partial charge in [0.1, 0.15) is 11.6 Å². The van der Waals surface area contributed by atoms with Gasteiger partial charge in [0.2, 0.25) is 0 Å². The van der Waals surface area contributed by atoms with Crippen LogP contribution in [0.2, 0.25) is 0 Å². The summed E-state index contributed by atoms with van der Waals surface area (Å²) >= 11 is 5.60. The predicted molar refractivity (Wildman–Crippen MR) is 80.7 cm³/mol. The van der Waals surface area contributed by atoms with Gasteiger partial charge in [-0.15, -0.1) is 11.6 Å². The van der Waals surface area contributed by atoms with Crippen molar-refractivity contribution < 1.29 is 9.13 Å². The number of alkyl halides is 1. The molecule has 0 aromatic heterocycles. The van der Waals surface area contributed by atoms with Gasteiger partial charge >= 0.3 is 0 Å². The lowest BCUT2D eigenvalue weighted by Gasteiger charge is -2.22. The third kappa shape index (κ3) is 4.72. The second kappa shape index (κ2) is 8.17. The number of hydrogen-bond acceptors (Lipinski definition) is 1. The lowest BCUT2D eigenvalue weighted by Crippen LogP contribution is -2.15. The van der Waals surface area contributed by atoms with Crippen molar-refractivity contribution >= 4 is 11.6 Å². The summed E-state index contributed by atoms with van der Waals surface area (Å²) in [5, 5.41) is 0. The van der Waals surface area contributed by atoms with Crippen LogP contribution < -0.4 is 4.74 Å². The molecule has 0 spiro atoms. The number of benzene rings is 1. The van der Waals surface area contributed by atoms with Gasteiger partial charge in [-0.25, -0.2) is 4.39 Å². The van der Waals surface area contributed by atoms with E-state index >= 15 is 0 Å². The van der Waals surface area contributed by atoms with Crippen molar-refractivity contribution in [3.63, 3.8) is 0 Å². The first-order chi connectivity index (χ1) is 9.79. The maximum atomic E-state index is 13.4. The summed E-state index contributed by atoms with van der Waals surface area (Å²) in [4.78, 5) is 0. The Hall–Kier alpha value is -1.20. The normalized spacial score (nSPS) is 15.5. The molecule has 0 unspecified atom stereocenters. The number of halogens is 2. The largest absolute Gasteiger partial charge is 0.492 e. The minimum Gasteiger partial charge on any atom is -0.492 e. The Bertz CT molecular complexity index is 483. The Labute approximate surface area is 125 Å². The molecule has 20 heavy (non-hydrogen) atoms. The van der Waals surface area contributed by atoms with Crippen LogP contribution in [0.25, 0.3) is 0 Å². The van der Waals surface area contributed by atoms with E-state index in [1.54, 1.807) is 6.07 Å². The second-order valence-corrected chi connectivity index (χ2v) is 5.57. The van der Waals surface area contributed by atoms with Gasteiger partial charge in [-0.2, -0.15) is 0 Å². The molecule has 2 rings (SSSR count). The van der Waals surface area contributed by atoms with E-state index in [9.17, 15) is 4.39 Å². The van der Waals surface area contributed by atoms with Gasteiger partial charge in [-0.3, -0.25) is 0 Å². The van der Waals surface area contributed by atoms with Crippen LogP contribution in [-0.4, -0.2) is 12.5 Å². The van der Waals surface area contributed by atoms with Crippen molar-refractivity contribution in [2.75, 3.05) is 12.5 Å². The Kier molecular flexibility index (Phi) is 6.21. The van der Waals surface area contributed by atoms with E-state index in [0.717, 1.165) is 5.56 Å². The zero-order chi connectivity index (χ0) is 14.2. The minimum atomic E-state index is -0.286. The highest BCUT2D eigenvalue weighted by Gasteiger charge is 2.14. The zero-order valence-corrected chi connectivity index (χ0v) is 12.4. The lowest BCUT2D eigenvalue weighted by atomic mass is 9.90. The lowest BCUT2D eigenvalue weighted by molar-refractivity contribution is 0.208. The Morgan fingerprint density at radius 3 is 2.80 bits per heavy atom. The van der Waals surface area contributed by atoms with E-state index < -0.39 is 0 Å². The molecule has 0 N–H and O–H groups in total. The highest BCUT2D eigenvalue weighted by Crippen LogP contribution is 2.26. The van der Waals surface area contributed by atoms with E-state index in [0.29, 0.717) is 30.6 Å². The van der Waals surface area contributed by atoms with Gasteiger partial charge in [0.05, 0.1) is 12.2 Å². The van der Waals surface area contributed by atoms with Gasteiger partial charge in [-0.05, 0) is 30.9 Å². The highest BCUT2D eigenvalue weighted by molar-refractivity contribution is 6.18. The SMILES string of the molecule is Fc1ccc(C#CCCCl)c(OCC2CCCCC2)c1. The molecule has 1 fully saturated rings. The number of hydrogen-bond donors (Lipinski definition) is 0. The van der Waals surface area contributed by atoms with Crippen LogP contribution in [0.4, 0.5) is 4.39 Å². The summed E-state index contributed by atoms with van der Waals surface area (Å²) in [5.41, 5.74) is 0.743. The molecule has 0 bridgehead atoms. The van der Waals surface area contributed by atoms with Crippen molar-refractivity contribution in [1.29, 1.82) is 0 Å². The molecule has 0 aliphatic heterocycles. The number of ether oxygens (including phenoxy) is 1. The summed E-state index contributed by atoms with van der Waals surface area (Å²) in [7, 11) is 0. The molecule has 0 amide bonds. The van der Waals surface area contributed by atoms with Gasteiger partial charge in [0.15, 0.2) is 0 Å². The van der Waals surface area contributed by atoms with Crippen molar-refractivity contribution in [3.05, 3.63) is 29.6 Å². The van der Waals surface area contributed by atoms with Crippen LogP contribution in [0.1, 0.15) is 44.1 Å². The molecular weight excluding hydrogens is 275 g/mol. The standard InChI is InChI=1S/C17H20ClFO/c18-11-5-4-8-15-9-10-16(19)12-17(15)20-13-14-6-2-1-3-7-14/h9-10,12,14H,1-3,5-7,11,13H2. The third-order valence-corrected chi connectivity index (χ3v) is 3.77. The fraction of sp³-hybridized carbons (Fsp3) is 0.529. The molecule has 1 saturated carbocycles. The molecule has 3 heteroatoms. The first-order valence-electron chi connectivity index (χ1n) is 7.27. The Morgan fingerprint density at radius 1 is 1.25 bits per heavy atom. The summed E-state index contributed by atoms with van der Waals surface area (Å²) in [6.45, 7) is 0.660. The van der Waals surface area contributed by atoms with E-state index in [4.69, 9.17) is 16.3 Å². The van der Waals surface area contributed by atoms with E-state index in [1.807, 2.05) is 0 Å². The summed E-state index contributed by atoms with van der Waals surface area (Å²) in [5.74, 6) is 7.34. The molecule has 0 atom stereocenters. The van der Waals surface area contributed by atoms with Gasteiger partial charge in [0.25, 0.3) is 0 Å². The average Bonchev–Trinajstić information content (AvgIpc) is 2.48. The van der Waals surface area contributed by atoms with Crippen molar-refractivity contribution in [2.45, 2.75) is 38.5 Å². The summed E-state index contributed by atoms with van der Waals surface area (Å²) in [6.07, 6.45) is 6.93. The first-order valence-corrected chi connectivity index (χ1v) is 7.80. The third-order valence-electron chi connectivity index (χ3n) is 3.59. The van der Waals surface area contributed by atoms with Gasteiger partial charge < -0.3 is 4.74 Å². The molecule has 108 valence electrons. The summed E-state index contributed by atoms with van der Waals surface area (Å²) < 4.78 is 19.2. The highest BCUT2D eigenvalue weighted by atomic mass is 35.5. The molecule has 1 aliphatic rings. The summed E-state index contributed by atoms with van der Waals surface area (Å²) in [6, 6.07) is 4.51. The monoisotopic (exact) mass is 294 g/mol. The quantitative estimate of drug-likeness (QED) is 0.574. The van der Waals surface area contributed by atoms with Crippen LogP contribution in [0.15, 0.2) is 18.2 Å². The maximum absolute atomic E-state index is 13.4. The van der Waals surface area contributed by atoms with E-state index in [2.05, 4.69) is 11.8 Å². The molecule has 0 radical (unpaired) electrons. The molecule has 1 aromatic rings. The van der Waals surface area contributed by atoms with Crippen molar-refractivity contribution in [3.8, 4) is 17.6 Å². The maximum Gasteiger partial charge on any atom is 0.137 e. The second-order valence-electron chi connectivity index (χ2n) is 5.20. The molecule has 0 saturated heterocycles. The predicted octanol–water partition coefficient (Wildman–Crippen LogP) is 4.77. The fourth-order valence-corrected chi connectivity index (χ4v) is 2.58. The van der Waals surface area contributed by atoms with E-state index in [-0.39, 0.29) is 5.82 Å². The molecule has 1 aromatic carbocycles. The van der Waals surface area contributed by atoms with Crippen molar-refractivity contribution in [1.82, 2.24) is 0 Å². The van der Waals surface area contributed by atoms with Crippen molar-refractivity contribution in [2.24, 2.45) is 5.92 Å². The van der Waals surface area contributed by atoms with Gasteiger partial charge in [0, 0.05) is 18.4 Å². The topological polar surface area (TPSA) is 9.23 Å². The number of rotatable bonds is 4. The molecular formula is C17H20ClFO. The molecule has 1 aliphatic carbocycles. The smallest absolute Gasteiger partial charge is 0.137 e. The average molecular weight is 295 g/mol. The minimum absolute atomic E-state index is 0.286. The Morgan fingerprint density at radius 2 is 2.05 bits per heavy atom. The molecule has 0 heterocycles. The van der Waals surface area contributed by atoms with Crippen LogP contribution in [0, 0.1) is 23.6 Å². The van der Waals surface area contributed by atoms with Crippen LogP contribution in [-0.2, 0) is 0 Å². The van der Waals surface area contributed by atoms with Crippen LogP contribution >= 0.6 is 11.6 Å². The van der Waals surface area contributed by atoms with E-state index in [1.165, 1.54) is 44.2 Å². The first kappa shape index (κ1) is 15.2. The fourth-order valence-electron chi connectivity index (χ4n) is 2.49. The Balaban J connectivity index is 2.01. The van der Waals surface area contributed by atoms with Crippen LogP contribution in [0.3, 0.4) is 0 Å². The zero-order valence-electron chi connectivity index (χ0n) is 11.6. The van der Waals surface area contributed by atoms with Crippen LogP contribution in [0.5, 0.6) is 5.75 Å².